The SMILES string of the molecule is Cc1cc(OCc2nnc(SCc3ccccc3Cl)n2C)cc(C)c1Cl. The fourth-order valence-electron chi connectivity index (χ4n) is 2.49. The van der Waals surface area contributed by atoms with E-state index in [4.69, 9.17) is 27.9 Å². The molecule has 0 atom stereocenters. The van der Waals surface area contributed by atoms with Gasteiger partial charge in [-0.1, -0.05) is 53.2 Å². The number of aromatic nitrogens is 3. The maximum atomic E-state index is 6.20. The number of nitrogens with zero attached hydrogens (tertiary/aromatic N) is 3. The molecular weight excluding hydrogens is 389 g/mol. The molecule has 0 aliphatic rings. The first kappa shape index (κ1) is 19.1. The summed E-state index contributed by atoms with van der Waals surface area (Å²) in [6, 6.07) is 11.7. The van der Waals surface area contributed by atoms with Crippen LogP contribution < -0.4 is 4.74 Å². The van der Waals surface area contributed by atoms with Gasteiger partial charge in [0.25, 0.3) is 0 Å². The second kappa shape index (κ2) is 8.33. The molecule has 7 heteroatoms. The van der Waals surface area contributed by atoms with Crippen LogP contribution in [0.3, 0.4) is 0 Å². The van der Waals surface area contributed by atoms with E-state index >= 15 is 0 Å². The van der Waals surface area contributed by atoms with Gasteiger partial charge >= 0.3 is 0 Å². The topological polar surface area (TPSA) is 39.9 Å². The number of ether oxygens (including phenoxy) is 1. The van der Waals surface area contributed by atoms with Crippen molar-refractivity contribution in [3.63, 3.8) is 0 Å². The first-order valence-electron chi connectivity index (χ1n) is 8.09. The zero-order chi connectivity index (χ0) is 18.7. The highest BCUT2D eigenvalue weighted by atomic mass is 35.5. The van der Waals surface area contributed by atoms with Crippen LogP contribution in [-0.2, 0) is 19.4 Å². The largest absolute Gasteiger partial charge is 0.486 e. The third-order valence-electron chi connectivity index (χ3n) is 4.02. The van der Waals surface area contributed by atoms with E-state index in [0.717, 1.165) is 49.2 Å². The molecule has 0 aliphatic heterocycles. The maximum absolute atomic E-state index is 6.20. The van der Waals surface area contributed by atoms with Crippen molar-refractivity contribution in [2.45, 2.75) is 31.4 Å². The van der Waals surface area contributed by atoms with Gasteiger partial charge in [-0.2, -0.15) is 0 Å². The van der Waals surface area contributed by atoms with E-state index in [1.54, 1.807) is 11.8 Å². The third-order valence-corrected chi connectivity index (χ3v) is 6.05. The molecule has 0 amide bonds. The highest BCUT2D eigenvalue weighted by Gasteiger charge is 2.12. The Hall–Kier alpha value is -1.69. The van der Waals surface area contributed by atoms with Crippen molar-refractivity contribution in [1.82, 2.24) is 14.8 Å². The van der Waals surface area contributed by atoms with Gasteiger partial charge in [0, 0.05) is 22.8 Å². The van der Waals surface area contributed by atoms with Crippen molar-refractivity contribution < 1.29 is 4.74 Å². The molecule has 4 nitrogen and oxygen atoms in total. The Bertz CT molecular complexity index is 904. The van der Waals surface area contributed by atoms with Crippen molar-refractivity contribution in [1.29, 1.82) is 0 Å². The Labute approximate surface area is 167 Å². The number of hydrogen-bond donors (Lipinski definition) is 0. The molecule has 0 bridgehead atoms. The molecule has 0 spiro atoms. The van der Waals surface area contributed by atoms with E-state index < -0.39 is 0 Å². The van der Waals surface area contributed by atoms with E-state index in [1.807, 2.05) is 61.9 Å². The number of aryl methyl sites for hydroxylation is 2. The van der Waals surface area contributed by atoms with Gasteiger partial charge < -0.3 is 9.30 Å². The van der Waals surface area contributed by atoms with Crippen LogP contribution in [-0.4, -0.2) is 14.8 Å². The smallest absolute Gasteiger partial charge is 0.191 e. The summed E-state index contributed by atoms with van der Waals surface area (Å²) in [7, 11) is 1.94. The molecule has 3 aromatic rings. The van der Waals surface area contributed by atoms with E-state index in [0.29, 0.717) is 6.61 Å². The molecule has 0 unspecified atom stereocenters. The van der Waals surface area contributed by atoms with E-state index in [1.165, 1.54) is 0 Å². The molecule has 1 heterocycles. The van der Waals surface area contributed by atoms with Crippen LogP contribution in [0.25, 0.3) is 0 Å². The van der Waals surface area contributed by atoms with Crippen LogP contribution in [0.4, 0.5) is 0 Å². The van der Waals surface area contributed by atoms with Crippen molar-refractivity contribution in [2.24, 2.45) is 7.05 Å². The van der Waals surface area contributed by atoms with Gasteiger partial charge in [-0.05, 0) is 48.7 Å². The molecule has 3 rings (SSSR count). The minimum absolute atomic E-state index is 0.344. The van der Waals surface area contributed by atoms with E-state index in [2.05, 4.69) is 10.2 Å². The Balaban J connectivity index is 1.65. The quantitative estimate of drug-likeness (QED) is 0.497. The monoisotopic (exact) mass is 407 g/mol. The van der Waals surface area contributed by atoms with Gasteiger partial charge in [0.15, 0.2) is 11.0 Å². The summed E-state index contributed by atoms with van der Waals surface area (Å²) in [5.74, 6) is 2.27. The highest BCUT2D eigenvalue weighted by molar-refractivity contribution is 7.98. The van der Waals surface area contributed by atoms with Crippen LogP contribution >= 0.6 is 35.0 Å². The maximum Gasteiger partial charge on any atom is 0.191 e. The fraction of sp³-hybridized carbons (Fsp3) is 0.263. The van der Waals surface area contributed by atoms with Gasteiger partial charge in [-0.25, -0.2) is 0 Å². The lowest BCUT2D eigenvalue weighted by Crippen LogP contribution is -2.04. The normalized spacial score (nSPS) is 11.0. The van der Waals surface area contributed by atoms with Gasteiger partial charge in [-0.15, -0.1) is 10.2 Å². The number of halogens is 2. The van der Waals surface area contributed by atoms with E-state index in [9.17, 15) is 0 Å². The fourth-order valence-corrected chi connectivity index (χ4v) is 3.82. The predicted molar refractivity (Wildman–Crippen MR) is 107 cm³/mol. The van der Waals surface area contributed by atoms with Crippen LogP contribution in [0.1, 0.15) is 22.5 Å². The molecular formula is C19H19Cl2N3OS. The molecule has 0 saturated heterocycles. The number of benzene rings is 2. The Morgan fingerprint density at radius 3 is 2.46 bits per heavy atom. The van der Waals surface area contributed by atoms with E-state index in [-0.39, 0.29) is 0 Å². The molecule has 26 heavy (non-hydrogen) atoms. The lowest BCUT2D eigenvalue weighted by molar-refractivity contribution is 0.290. The third kappa shape index (κ3) is 4.34. The molecule has 2 aromatic carbocycles. The van der Waals surface area contributed by atoms with Crippen molar-refractivity contribution in [3.8, 4) is 5.75 Å². The molecule has 0 N–H and O–H groups in total. The Morgan fingerprint density at radius 2 is 1.77 bits per heavy atom. The summed E-state index contributed by atoms with van der Waals surface area (Å²) >= 11 is 14.0. The zero-order valence-electron chi connectivity index (χ0n) is 14.8. The lowest BCUT2D eigenvalue weighted by Gasteiger charge is -2.10. The zero-order valence-corrected chi connectivity index (χ0v) is 17.1. The van der Waals surface area contributed by atoms with Crippen LogP contribution in [0.2, 0.25) is 10.0 Å². The molecule has 0 aliphatic carbocycles. The van der Waals surface area contributed by atoms with Gasteiger partial charge in [0.05, 0.1) is 0 Å². The number of rotatable bonds is 6. The van der Waals surface area contributed by atoms with Crippen LogP contribution in [0.5, 0.6) is 5.75 Å². The van der Waals surface area contributed by atoms with Crippen LogP contribution in [0.15, 0.2) is 41.6 Å². The highest BCUT2D eigenvalue weighted by Crippen LogP contribution is 2.27. The molecule has 1 aromatic heterocycles. The number of thioether (sulfide) groups is 1. The number of hydrogen-bond acceptors (Lipinski definition) is 4. The first-order chi connectivity index (χ1) is 12.5. The summed E-state index contributed by atoms with van der Waals surface area (Å²) in [6.07, 6.45) is 0. The minimum atomic E-state index is 0.344. The molecule has 0 fully saturated rings. The van der Waals surface area contributed by atoms with Gasteiger partial charge in [-0.3, -0.25) is 0 Å². The average Bonchev–Trinajstić information content (AvgIpc) is 2.97. The minimum Gasteiger partial charge on any atom is -0.486 e. The summed E-state index contributed by atoms with van der Waals surface area (Å²) in [4.78, 5) is 0. The van der Waals surface area contributed by atoms with Crippen molar-refractivity contribution >= 4 is 35.0 Å². The summed E-state index contributed by atoms with van der Waals surface area (Å²) in [5, 5.41) is 10.9. The van der Waals surface area contributed by atoms with Crippen LogP contribution in [0, 0.1) is 13.8 Å². The average molecular weight is 408 g/mol. The lowest BCUT2D eigenvalue weighted by atomic mass is 10.1. The standard InChI is InChI=1S/C19H19Cl2N3OS/c1-12-8-15(9-13(2)18(12)21)25-10-17-22-23-19(24(17)3)26-11-14-6-4-5-7-16(14)20/h4-9H,10-11H2,1-3H3. The van der Waals surface area contributed by atoms with Crippen molar-refractivity contribution in [3.05, 3.63) is 69.0 Å². The Morgan fingerprint density at radius 1 is 1.08 bits per heavy atom. The first-order valence-corrected chi connectivity index (χ1v) is 9.84. The summed E-state index contributed by atoms with van der Waals surface area (Å²) in [5.41, 5.74) is 3.07. The van der Waals surface area contributed by atoms with Crippen molar-refractivity contribution in [2.75, 3.05) is 0 Å². The molecule has 0 radical (unpaired) electrons. The second-order valence-electron chi connectivity index (χ2n) is 6.00. The Kier molecular flexibility index (Phi) is 6.12. The van der Waals surface area contributed by atoms with Gasteiger partial charge in [0.2, 0.25) is 0 Å². The van der Waals surface area contributed by atoms with Gasteiger partial charge in [0.1, 0.15) is 12.4 Å². The summed E-state index contributed by atoms with van der Waals surface area (Å²) < 4.78 is 7.81. The molecule has 136 valence electrons. The summed E-state index contributed by atoms with van der Waals surface area (Å²) in [6.45, 7) is 4.28. The predicted octanol–water partition coefficient (Wildman–Crippen LogP) is 5.61. The second-order valence-corrected chi connectivity index (χ2v) is 7.73. The molecule has 0 saturated carbocycles.